The summed E-state index contributed by atoms with van der Waals surface area (Å²) >= 11 is 0. The van der Waals surface area contributed by atoms with Gasteiger partial charge in [-0.2, -0.15) is 0 Å². The maximum Gasteiger partial charge on any atom is 0.319 e. The molecule has 0 spiro atoms. The zero-order valence-electron chi connectivity index (χ0n) is 15.5. The third-order valence-electron chi connectivity index (χ3n) is 4.37. The van der Waals surface area contributed by atoms with Gasteiger partial charge in [0.25, 0.3) is 0 Å². The van der Waals surface area contributed by atoms with E-state index in [2.05, 4.69) is 20.6 Å². The number of hydrogen-bond donors (Lipinski definition) is 2. The zero-order chi connectivity index (χ0) is 19.3. The van der Waals surface area contributed by atoms with Crippen molar-refractivity contribution >= 4 is 22.9 Å². The minimum atomic E-state index is -0.244. The van der Waals surface area contributed by atoms with Gasteiger partial charge in [-0.3, -0.25) is 4.98 Å². The Morgan fingerprint density at radius 1 is 1.04 bits per heavy atom. The van der Waals surface area contributed by atoms with Crippen LogP contribution in [0, 0.1) is 6.92 Å². The molecule has 0 unspecified atom stereocenters. The Morgan fingerprint density at radius 2 is 1.82 bits per heavy atom. The van der Waals surface area contributed by atoms with Gasteiger partial charge in [-0.05, 0) is 43.3 Å². The molecule has 0 aliphatic heterocycles. The molecule has 3 heterocycles. The van der Waals surface area contributed by atoms with Crippen molar-refractivity contribution in [1.82, 2.24) is 24.8 Å². The van der Waals surface area contributed by atoms with Crippen molar-refractivity contribution < 1.29 is 4.79 Å². The van der Waals surface area contributed by atoms with Crippen LogP contribution in [0.2, 0.25) is 0 Å². The van der Waals surface area contributed by atoms with Gasteiger partial charge < -0.3 is 15.2 Å². The number of nitrogens with one attached hydrogen (secondary N) is 2. The summed E-state index contributed by atoms with van der Waals surface area (Å²) in [6.45, 7) is 3.00. The number of aromatic nitrogens is 4. The van der Waals surface area contributed by atoms with Crippen molar-refractivity contribution in [2.24, 2.45) is 0 Å². The van der Waals surface area contributed by atoms with Crippen molar-refractivity contribution in [2.75, 3.05) is 11.9 Å². The molecule has 140 valence electrons. The first-order valence-electron chi connectivity index (χ1n) is 9.04. The number of fused-ring (bicyclic) bond motifs is 1. The van der Waals surface area contributed by atoms with E-state index < -0.39 is 0 Å². The Labute approximate surface area is 162 Å². The number of amides is 2. The quantitative estimate of drug-likeness (QED) is 0.560. The fourth-order valence-electron chi connectivity index (χ4n) is 2.99. The van der Waals surface area contributed by atoms with Crippen LogP contribution in [0.5, 0.6) is 0 Å². The lowest BCUT2D eigenvalue weighted by Crippen LogP contribution is -2.31. The topological polar surface area (TPSA) is 84.7 Å². The molecule has 7 heteroatoms. The number of aryl methyl sites for hydroxylation is 1. The summed E-state index contributed by atoms with van der Waals surface area (Å²) in [5.74, 6) is 0.803. The van der Waals surface area contributed by atoms with Crippen LogP contribution in [0.25, 0.3) is 22.6 Å². The first-order chi connectivity index (χ1) is 13.7. The number of urea groups is 1. The predicted molar refractivity (Wildman–Crippen MR) is 109 cm³/mol. The third kappa shape index (κ3) is 3.83. The fraction of sp³-hybridized carbons (Fsp3) is 0.143. The summed E-state index contributed by atoms with van der Waals surface area (Å²) in [6, 6.07) is 15.0. The van der Waals surface area contributed by atoms with E-state index in [1.165, 1.54) is 0 Å². The number of benzene rings is 1. The second-order valence-corrected chi connectivity index (χ2v) is 6.42. The molecule has 7 nitrogen and oxygen atoms in total. The summed E-state index contributed by atoms with van der Waals surface area (Å²) in [4.78, 5) is 25.4. The fourth-order valence-corrected chi connectivity index (χ4v) is 2.99. The number of carbonyl (C=O) groups excluding carboxylic acids is 1. The van der Waals surface area contributed by atoms with Crippen molar-refractivity contribution in [1.29, 1.82) is 0 Å². The molecule has 0 aliphatic carbocycles. The van der Waals surface area contributed by atoms with Crippen molar-refractivity contribution in [2.45, 2.75) is 13.5 Å². The third-order valence-corrected chi connectivity index (χ3v) is 4.37. The number of carbonyl (C=O) groups is 1. The summed E-state index contributed by atoms with van der Waals surface area (Å²) in [7, 11) is 0. The molecule has 0 fully saturated rings. The smallest absolute Gasteiger partial charge is 0.319 e. The number of rotatable bonds is 5. The van der Waals surface area contributed by atoms with Gasteiger partial charge in [0, 0.05) is 42.9 Å². The highest BCUT2D eigenvalue weighted by atomic mass is 16.2. The highest BCUT2D eigenvalue weighted by Crippen LogP contribution is 2.22. The molecule has 0 atom stereocenters. The van der Waals surface area contributed by atoms with Crippen LogP contribution in [-0.4, -0.2) is 32.1 Å². The molecule has 28 heavy (non-hydrogen) atoms. The van der Waals surface area contributed by atoms with E-state index in [9.17, 15) is 4.79 Å². The van der Waals surface area contributed by atoms with Gasteiger partial charge >= 0.3 is 6.03 Å². The first-order valence-corrected chi connectivity index (χ1v) is 9.04. The van der Waals surface area contributed by atoms with E-state index in [0.29, 0.717) is 13.1 Å². The van der Waals surface area contributed by atoms with Crippen LogP contribution >= 0.6 is 0 Å². The molecule has 0 bridgehead atoms. The minimum absolute atomic E-state index is 0.244. The molecule has 0 saturated carbocycles. The lowest BCUT2D eigenvalue weighted by Gasteiger charge is -2.11. The highest BCUT2D eigenvalue weighted by Gasteiger charge is 2.13. The summed E-state index contributed by atoms with van der Waals surface area (Å²) < 4.78 is 2.01. The van der Waals surface area contributed by atoms with Gasteiger partial charge in [-0.25, -0.2) is 14.8 Å². The second-order valence-electron chi connectivity index (χ2n) is 6.42. The molecule has 3 aromatic heterocycles. The molecule has 2 amide bonds. The van der Waals surface area contributed by atoms with Crippen molar-refractivity contribution in [3.63, 3.8) is 0 Å². The molecular weight excluding hydrogens is 352 g/mol. The van der Waals surface area contributed by atoms with E-state index in [1.807, 2.05) is 60.0 Å². The van der Waals surface area contributed by atoms with E-state index in [-0.39, 0.29) is 6.03 Å². The van der Waals surface area contributed by atoms with Gasteiger partial charge in [-0.15, -0.1) is 0 Å². The van der Waals surface area contributed by atoms with E-state index in [4.69, 9.17) is 4.98 Å². The summed E-state index contributed by atoms with van der Waals surface area (Å²) in [5, 5.41) is 5.72. The van der Waals surface area contributed by atoms with Gasteiger partial charge in [0.05, 0.1) is 0 Å². The lowest BCUT2D eigenvalue weighted by atomic mass is 10.2. The Hall–Kier alpha value is -3.74. The van der Waals surface area contributed by atoms with Crippen LogP contribution in [0.15, 0.2) is 67.1 Å². The largest absolute Gasteiger partial charge is 0.336 e. The molecule has 4 rings (SSSR count). The second kappa shape index (κ2) is 7.87. The highest BCUT2D eigenvalue weighted by molar-refractivity contribution is 5.89. The zero-order valence-corrected chi connectivity index (χ0v) is 15.5. The number of anilines is 1. The summed E-state index contributed by atoms with van der Waals surface area (Å²) in [6.07, 6.45) is 5.22. The van der Waals surface area contributed by atoms with Crippen molar-refractivity contribution in [3.8, 4) is 11.4 Å². The lowest BCUT2D eigenvalue weighted by molar-refractivity contribution is 0.251. The molecule has 1 aromatic carbocycles. The van der Waals surface area contributed by atoms with Gasteiger partial charge in [0.15, 0.2) is 5.65 Å². The van der Waals surface area contributed by atoms with Crippen LogP contribution < -0.4 is 10.6 Å². The van der Waals surface area contributed by atoms with E-state index in [0.717, 1.165) is 33.8 Å². The number of hydrogen-bond acceptors (Lipinski definition) is 4. The molecule has 2 N–H and O–H groups in total. The number of nitrogens with zero attached hydrogens (tertiary/aromatic N) is 4. The molecule has 0 saturated heterocycles. The maximum absolute atomic E-state index is 12.2. The molecular formula is C21H20N6O. The van der Waals surface area contributed by atoms with Gasteiger partial charge in [0.1, 0.15) is 11.3 Å². The first kappa shape index (κ1) is 17.7. The average molecular weight is 372 g/mol. The Balaban J connectivity index is 1.48. The Morgan fingerprint density at radius 3 is 2.61 bits per heavy atom. The molecule has 0 aliphatic rings. The minimum Gasteiger partial charge on any atom is -0.336 e. The summed E-state index contributed by atoms with van der Waals surface area (Å²) in [5.41, 5.74) is 4.47. The molecule has 4 aromatic rings. The average Bonchev–Trinajstić information content (AvgIpc) is 3.09. The van der Waals surface area contributed by atoms with Crippen LogP contribution in [0.3, 0.4) is 0 Å². The Bertz CT molecular complexity index is 1090. The monoisotopic (exact) mass is 372 g/mol. The van der Waals surface area contributed by atoms with Crippen LogP contribution in [0.1, 0.15) is 5.56 Å². The van der Waals surface area contributed by atoms with Crippen LogP contribution in [0.4, 0.5) is 10.5 Å². The molecule has 0 radical (unpaired) electrons. The normalized spacial score (nSPS) is 10.8. The van der Waals surface area contributed by atoms with Gasteiger partial charge in [0.2, 0.25) is 0 Å². The predicted octanol–water partition coefficient (Wildman–Crippen LogP) is 3.62. The van der Waals surface area contributed by atoms with E-state index >= 15 is 0 Å². The maximum atomic E-state index is 12.2. The van der Waals surface area contributed by atoms with Gasteiger partial charge in [-0.1, -0.05) is 17.7 Å². The number of pyridine rings is 2. The standard InChI is InChI=1S/C21H20N6O/c1-15-4-6-17(7-5-15)25-21(28)24-13-14-27-19(16-8-11-22-12-9-16)26-18-3-2-10-23-20(18)27/h2-12H,13-14H2,1H3,(H2,24,25,28). The van der Waals surface area contributed by atoms with E-state index in [1.54, 1.807) is 18.6 Å². The van der Waals surface area contributed by atoms with Crippen molar-refractivity contribution in [3.05, 3.63) is 72.7 Å². The van der Waals surface area contributed by atoms with Crippen LogP contribution in [-0.2, 0) is 6.54 Å². The SMILES string of the molecule is Cc1ccc(NC(=O)NCCn2c(-c3ccncc3)nc3cccnc32)cc1. The Kier molecular flexibility index (Phi) is 4.97. The number of imidazole rings is 1.